The summed E-state index contributed by atoms with van der Waals surface area (Å²) >= 11 is 5.86. The first-order valence-electron chi connectivity index (χ1n) is 8.66. The van der Waals surface area contributed by atoms with E-state index in [1.54, 1.807) is 31.2 Å². The van der Waals surface area contributed by atoms with Crippen molar-refractivity contribution in [2.24, 2.45) is 0 Å². The van der Waals surface area contributed by atoms with Crippen LogP contribution in [0.25, 0.3) is 0 Å². The van der Waals surface area contributed by atoms with Crippen LogP contribution in [0, 0.1) is 0 Å². The van der Waals surface area contributed by atoms with E-state index in [0.29, 0.717) is 16.3 Å². The molecule has 0 fully saturated rings. The van der Waals surface area contributed by atoms with Crippen molar-refractivity contribution in [2.45, 2.75) is 30.8 Å². The summed E-state index contributed by atoms with van der Waals surface area (Å²) in [5.74, 6) is -0.495. The molecule has 10 heteroatoms. The Labute approximate surface area is 176 Å². The number of anilines is 1. The van der Waals surface area contributed by atoms with Crippen molar-refractivity contribution in [1.29, 1.82) is 0 Å². The molecule has 7 nitrogen and oxygen atoms in total. The smallest absolute Gasteiger partial charge is 0.244 e. The first kappa shape index (κ1) is 23.2. The van der Waals surface area contributed by atoms with Gasteiger partial charge in [-0.3, -0.25) is 9.10 Å². The number of nitrogens with zero attached hydrogens (tertiary/aromatic N) is 1. The van der Waals surface area contributed by atoms with E-state index in [9.17, 15) is 21.6 Å². The Morgan fingerprint density at radius 2 is 1.45 bits per heavy atom. The van der Waals surface area contributed by atoms with E-state index < -0.39 is 37.9 Å². The molecule has 2 rings (SSSR count). The van der Waals surface area contributed by atoms with Crippen LogP contribution in [0.1, 0.15) is 25.5 Å². The van der Waals surface area contributed by atoms with Crippen LogP contribution in [0.15, 0.2) is 53.4 Å². The van der Waals surface area contributed by atoms with Gasteiger partial charge in [-0.25, -0.2) is 16.8 Å². The Morgan fingerprint density at radius 3 is 1.90 bits per heavy atom. The second-order valence-electron chi connectivity index (χ2n) is 6.78. The fourth-order valence-electron chi connectivity index (χ4n) is 2.82. The first-order valence-corrected chi connectivity index (χ1v) is 12.8. The molecule has 0 bridgehead atoms. The third kappa shape index (κ3) is 5.94. The zero-order chi connectivity index (χ0) is 22.0. The lowest BCUT2D eigenvalue weighted by Crippen LogP contribution is -2.48. The maximum atomic E-state index is 12.7. The van der Waals surface area contributed by atoms with Crippen LogP contribution in [0.5, 0.6) is 0 Å². The highest BCUT2D eigenvalue weighted by Gasteiger charge is 2.29. The monoisotopic (exact) mass is 458 g/mol. The summed E-state index contributed by atoms with van der Waals surface area (Å²) in [5.41, 5.74) is 1.01. The molecule has 0 saturated carbocycles. The zero-order valence-corrected chi connectivity index (χ0v) is 18.8. The Balaban J connectivity index is 2.22. The van der Waals surface area contributed by atoms with E-state index in [2.05, 4.69) is 5.32 Å². The van der Waals surface area contributed by atoms with Crippen molar-refractivity contribution >= 4 is 43.1 Å². The summed E-state index contributed by atoms with van der Waals surface area (Å²) in [6.07, 6.45) is 2.14. The highest BCUT2D eigenvalue weighted by Crippen LogP contribution is 2.24. The lowest BCUT2D eigenvalue weighted by Gasteiger charge is -2.29. The predicted octanol–water partition coefficient (Wildman–Crippen LogP) is 2.78. The number of carbonyl (C=O) groups is 1. The molecular formula is C19H23ClN2O5S2. The largest absolute Gasteiger partial charge is 0.348 e. The molecule has 0 aliphatic carbocycles. The maximum Gasteiger partial charge on any atom is 0.244 e. The number of sulfone groups is 1. The van der Waals surface area contributed by atoms with Crippen molar-refractivity contribution in [3.05, 3.63) is 59.1 Å². The topological polar surface area (TPSA) is 101 Å². The van der Waals surface area contributed by atoms with Gasteiger partial charge in [-0.05, 0) is 55.8 Å². The minimum absolute atomic E-state index is 0.180. The molecule has 0 radical (unpaired) electrons. The lowest BCUT2D eigenvalue weighted by molar-refractivity contribution is -0.122. The molecule has 0 aromatic heterocycles. The van der Waals surface area contributed by atoms with Crippen molar-refractivity contribution in [1.82, 2.24) is 5.32 Å². The van der Waals surface area contributed by atoms with Gasteiger partial charge < -0.3 is 5.32 Å². The third-order valence-corrected chi connectivity index (χ3v) is 6.96. The van der Waals surface area contributed by atoms with Gasteiger partial charge in [0, 0.05) is 11.3 Å². The number of sulfonamides is 1. The van der Waals surface area contributed by atoms with E-state index in [1.807, 2.05) is 0 Å². The minimum Gasteiger partial charge on any atom is -0.348 e. The van der Waals surface area contributed by atoms with E-state index >= 15 is 0 Å². The molecule has 0 aliphatic rings. The zero-order valence-electron chi connectivity index (χ0n) is 16.5. The molecule has 2 aromatic rings. The van der Waals surface area contributed by atoms with E-state index in [-0.39, 0.29) is 4.90 Å². The van der Waals surface area contributed by atoms with Crippen LogP contribution in [0.4, 0.5) is 5.69 Å². The van der Waals surface area contributed by atoms with Gasteiger partial charge in [-0.1, -0.05) is 23.7 Å². The first-order chi connectivity index (χ1) is 13.3. The average molecular weight is 459 g/mol. The molecule has 1 amide bonds. The normalized spacial score (nSPS) is 14.1. The van der Waals surface area contributed by atoms with E-state index in [1.165, 1.54) is 31.2 Å². The summed E-state index contributed by atoms with van der Waals surface area (Å²) < 4.78 is 48.8. The Hall–Kier alpha value is -2.10. The molecule has 158 valence electrons. The number of amides is 1. The van der Waals surface area contributed by atoms with Crippen molar-refractivity contribution < 1.29 is 21.6 Å². The summed E-state index contributed by atoms with van der Waals surface area (Å²) in [6, 6.07) is 10.8. The lowest BCUT2D eigenvalue weighted by atomic mass is 10.1. The highest BCUT2D eigenvalue weighted by atomic mass is 35.5. The molecule has 0 saturated heterocycles. The summed E-state index contributed by atoms with van der Waals surface area (Å²) in [6.45, 7) is 3.22. The fourth-order valence-corrected chi connectivity index (χ4v) is 4.75. The second-order valence-corrected chi connectivity index (χ2v) is 11.1. The number of nitrogens with one attached hydrogen (secondary N) is 1. The second kappa shape index (κ2) is 8.73. The number of hydrogen-bond donors (Lipinski definition) is 1. The highest BCUT2D eigenvalue weighted by molar-refractivity contribution is 7.92. The number of rotatable bonds is 7. The molecule has 29 heavy (non-hydrogen) atoms. The quantitative estimate of drug-likeness (QED) is 0.687. The van der Waals surface area contributed by atoms with E-state index in [4.69, 9.17) is 11.6 Å². The van der Waals surface area contributed by atoms with Gasteiger partial charge in [-0.15, -0.1) is 0 Å². The molecule has 2 aromatic carbocycles. The third-order valence-electron chi connectivity index (χ3n) is 4.34. The number of carbonyl (C=O) groups excluding carboxylic acids is 1. The molecule has 0 aliphatic heterocycles. The fraction of sp³-hybridized carbons (Fsp3) is 0.316. The minimum atomic E-state index is -3.73. The summed E-state index contributed by atoms with van der Waals surface area (Å²) in [7, 11) is -7.05. The number of benzene rings is 2. The van der Waals surface area contributed by atoms with E-state index in [0.717, 1.165) is 16.8 Å². The predicted molar refractivity (Wildman–Crippen MR) is 114 cm³/mol. The van der Waals surface area contributed by atoms with Crippen LogP contribution in [0.3, 0.4) is 0 Å². The Bertz CT molecular complexity index is 1080. The van der Waals surface area contributed by atoms with Crippen molar-refractivity contribution in [3.63, 3.8) is 0 Å². The number of halogens is 1. The molecule has 1 N–H and O–H groups in total. The van der Waals surface area contributed by atoms with Gasteiger partial charge in [0.15, 0.2) is 9.84 Å². The summed E-state index contributed by atoms with van der Waals surface area (Å²) in [4.78, 5) is 12.9. The number of hydrogen-bond acceptors (Lipinski definition) is 5. The van der Waals surface area contributed by atoms with Crippen LogP contribution in [-0.4, -0.2) is 41.3 Å². The molecular weight excluding hydrogens is 436 g/mol. The van der Waals surface area contributed by atoms with Crippen molar-refractivity contribution in [3.8, 4) is 0 Å². The molecule has 0 spiro atoms. The average Bonchev–Trinajstić information content (AvgIpc) is 2.61. The van der Waals surface area contributed by atoms with Crippen molar-refractivity contribution in [2.75, 3.05) is 16.8 Å². The van der Waals surface area contributed by atoms with Gasteiger partial charge in [0.25, 0.3) is 0 Å². The van der Waals surface area contributed by atoms with Crippen LogP contribution in [0.2, 0.25) is 5.02 Å². The SMILES string of the molecule is C[C@H](NC(=O)[C@@H](C)N(c1ccc(Cl)cc1)S(C)(=O)=O)c1ccc(S(C)(=O)=O)cc1. The van der Waals surface area contributed by atoms with Crippen LogP contribution in [-0.2, 0) is 24.7 Å². The molecule has 0 heterocycles. The standard InChI is InChI=1S/C19H23ClN2O5S2/c1-13(15-5-11-18(12-6-15)28(3,24)25)21-19(23)14(2)22(29(4,26)27)17-9-7-16(20)8-10-17/h5-14H,1-4H3,(H,21,23)/t13-,14+/m0/s1. The molecule has 0 unspecified atom stereocenters. The van der Waals surface area contributed by atoms with Crippen LogP contribution >= 0.6 is 11.6 Å². The van der Waals surface area contributed by atoms with Gasteiger partial charge in [0.2, 0.25) is 15.9 Å². The van der Waals surface area contributed by atoms with Gasteiger partial charge in [-0.2, -0.15) is 0 Å². The van der Waals surface area contributed by atoms with Gasteiger partial charge in [0.1, 0.15) is 6.04 Å². The van der Waals surface area contributed by atoms with Crippen LogP contribution < -0.4 is 9.62 Å². The Morgan fingerprint density at radius 1 is 0.931 bits per heavy atom. The maximum absolute atomic E-state index is 12.7. The Kier molecular flexibility index (Phi) is 6.97. The van der Waals surface area contributed by atoms with Gasteiger partial charge >= 0.3 is 0 Å². The summed E-state index contributed by atoms with van der Waals surface area (Å²) in [5, 5.41) is 3.22. The van der Waals surface area contributed by atoms with Gasteiger partial charge in [0.05, 0.1) is 22.9 Å². The molecule has 2 atom stereocenters.